The second-order valence-corrected chi connectivity index (χ2v) is 5.57. The van der Waals surface area contributed by atoms with Crippen LogP contribution in [0.3, 0.4) is 0 Å². The van der Waals surface area contributed by atoms with Crippen molar-refractivity contribution >= 4 is 28.7 Å². The number of hydrogen-bond donors (Lipinski definition) is 2. The highest BCUT2D eigenvalue weighted by Crippen LogP contribution is 2.16. The van der Waals surface area contributed by atoms with Gasteiger partial charge in [-0.2, -0.15) is 5.10 Å². The van der Waals surface area contributed by atoms with Crippen molar-refractivity contribution in [1.82, 2.24) is 4.98 Å². The first-order chi connectivity index (χ1) is 11.2. The largest absolute Gasteiger partial charge is 0.466 e. The number of thiazole rings is 1. The van der Waals surface area contributed by atoms with E-state index < -0.39 is 0 Å². The van der Waals surface area contributed by atoms with E-state index in [-0.39, 0.29) is 19.0 Å². The van der Waals surface area contributed by atoms with Gasteiger partial charge in [-0.05, 0) is 24.5 Å². The Morgan fingerprint density at radius 3 is 2.91 bits per heavy atom. The lowest BCUT2D eigenvalue weighted by Gasteiger charge is -1.99. The van der Waals surface area contributed by atoms with Crippen molar-refractivity contribution in [3.8, 4) is 0 Å². The zero-order valence-electron chi connectivity index (χ0n) is 12.9. The lowest BCUT2D eigenvalue weighted by molar-refractivity contribution is -0.142. The van der Waals surface area contributed by atoms with Gasteiger partial charge in [-0.15, -0.1) is 11.3 Å². The molecule has 0 bridgehead atoms. The van der Waals surface area contributed by atoms with Gasteiger partial charge in [0.05, 0.1) is 24.9 Å². The highest BCUT2D eigenvalue weighted by atomic mass is 32.1. The molecule has 23 heavy (non-hydrogen) atoms. The molecule has 7 heteroatoms. The van der Waals surface area contributed by atoms with Crippen molar-refractivity contribution in [2.45, 2.75) is 19.8 Å². The average molecular weight is 333 g/mol. The molecular weight excluding hydrogens is 314 g/mol. The number of aliphatic hydroxyl groups excluding tert-OH is 1. The van der Waals surface area contributed by atoms with Crippen molar-refractivity contribution in [3.05, 3.63) is 46.5 Å². The van der Waals surface area contributed by atoms with E-state index in [0.717, 1.165) is 11.1 Å². The SMILES string of the molecule is CCOC(=O)Cc1csc(NN=Cc2ccc(CCO)cc2)n1. The van der Waals surface area contributed by atoms with Crippen LogP contribution in [0.15, 0.2) is 34.7 Å². The second-order valence-electron chi connectivity index (χ2n) is 4.71. The summed E-state index contributed by atoms with van der Waals surface area (Å²) >= 11 is 1.38. The summed E-state index contributed by atoms with van der Waals surface area (Å²) in [6.45, 7) is 2.29. The van der Waals surface area contributed by atoms with Crippen molar-refractivity contribution in [1.29, 1.82) is 0 Å². The maximum absolute atomic E-state index is 11.4. The molecule has 1 aromatic carbocycles. The number of rotatable bonds is 8. The van der Waals surface area contributed by atoms with Crippen molar-refractivity contribution in [2.24, 2.45) is 5.10 Å². The monoisotopic (exact) mass is 333 g/mol. The zero-order valence-corrected chi connectivity index (χ0v) is 13.7. The minimum Gasteiger partial charge on any atom is -0.466 e. The molecule has 1 aromatic heterocycles. The van der Waals surface area contributed by atoms with Crippen LogP contribution in [0.25, 0.3) is 0 Å². The third kappa shape index (κ3) is 5.80. The predicted molar refractivity (Wildman–Crippen MR) is 90.9 cm³/mol. The van der Waals surface area contributed by atoms with Crippen LogP contribution < -0.4 is 5.43 Å². The van der Waals surface area contributed by atoms with Gasteiger partial charge in [0.25, 0.3) is 0 Å². The van der Waals surface area contributed by atoms with Gasteiger partial charge < -0.3 is 9.84 Å². The number of carbonyl (C=O) groups excluding carboxylic acids is 1. The molecule has 0 atom stereocenters. The molecule has 0 fully saturated rings. The molecule has 2 aromatic rings. The van der Waals surface area contributed by atoms with E-state index in [0.29, 0.717) is 23.9 Å². The average Bonchev–Trinajstić information content (AvgIpc) is 2.97. The van der Waals surface area contributed by atoms with Gasteiger partial charge in [0, 0.05) is 12.0 Å². The van der Waals surface area contributed by atoms with Crippen molar-refractivity contribution < 1.29 is 14.6 Å². The zero-order chi connectivity index (χ0) is 16.5. The summed E-state index contributed by atoms with van der Waals surface area (Å²) in [5.41, 5.74) is 5.54. The first-order valence-corrected chi connectivity index (χ1v) is 8.18. The smallest absolute Gasteiger partial charge is 0.311 e. The molecule has 0 aliphatic carbocycles. The van der Waals surface area contributed by atoms with Gasteiger partial charge in [-0.3, -0.25) is 10.2 Å². The number of anilines is 1. The van der Waals surface area contributed by atoms with Crippen molar-refractivity contribution in [3.63, 3.8) is 0 Å². The number of hydrazone groups is 1. The van der Waals surface area contributed by atoms with Gasteiger partial charge in [0.15, 0.2) is 0 Å². The van der Waals surface area contributed by atoms with Gasteiger partial charge in [0.2, 0.25) is 5.13 Å². The van der Waals surface area contributed by atoms with E-state index >= 15 is 0 Å². The molecule has 2 rings (SSSR count). The van der Waals surface area contributed by atoms with Crippen LogP contribution in [0.5, 0.6) is 0 Å². The number of benzene rings is 1. The summed E-state index contributed by atoms with van der Waals surface area (Å²) in [6.07, 6.45) is 2.51. The Labute approximate surface area is 138 Å². The van der Waals surface area contributed by atoms with Gasteiger partial charge in [-0.1, -0.05) is 24.3 Å². The molecule has 0 aliphatic rings. The fourth-order valence-electron chi connectivity index (χ4n) is 1.86. The number of aliphatic hydroxyl groups is 1. The van der Waals surface area contributed by atoms with E-state index in [1.54, 1.807) is 18.5 Å². The van der Waals surface area contributed by atoms with Crippen LogP contribution in [-0.4, -0.2) is 35.5 Å². The molecule has 0 saturated heterocycles. The molecule has 2 N–H and O–H groups in total. The van der Waals surface area contributed by atoms with E-state index in [2.05, 4.69) is 15.5 Å². The Kier molecular flexibility index (Phi) is 6.71. The topological polar surface area (TPSA) is 83.8 Å². The summed E-state index contributed by atoms with van der Waals surface area (Å²) in [4.78, 5) is 15.6. The lowest BCUT2D eigenvalue weighted by atomic mass is 10.1. The number of carbonyl (C=O) groups is 1. The predicted octanol–water partition coefficient (Wildman–Crippen LogP) is 2.23. The molecule has 122 valence electrons. The van der Waals surface area contributed by atoms with Crippen LogP contribution in [0.4, 0.5) is 5.13 Å². The third-order valence-electron chi connectivity index (χ3n) is 2.94. The van der Waals surface area contributed by atoms with Gasteiger partial charge in [0.1, 0.15) is 0 Å². The molecule has 0 unspecified atom stereocenters. The van der Waals surface area contributed by atoms with E-state index in [1.165, 1.54) is 11.3 Å². The normalized spacial score (nSPS) is 10.9. The summed E-state index contributed by atoms with van der Waals surface area (Å²) in [7, 11) is 0. The number of aromatic nitrogens is 1. The fraction of sp³-hybridized carbons (Fsp3) is 0.312. The maximum atomic E-state index is 11.4. The summed E-state index contributed by atoms with van der Waals surface area (Å²) < 4.78 is 4.88. The molecule has 0 radical (unpaired) electrons. The number of ether oxygens (including phenoxy) is 1. The standard InChI is InChI=1S/C16H19N3O3S/c1-2-22-15(21)9-14-11-23-16(18-14)19-17-10-13-5-3-12(4-6-13)7-8-20/h3-6,10-11,20H,2,7-9H2,1H3,(H,18,19). The molecule has 0 amide bonds. The maximum Gasteiger partial charge on any atom is 0.311 e. The number of nitrogens with zero attached hydrogens (tertiary/aromatic N) is 2. The highest BCUT2D eigenvalue weighted by molar-refractivity contribution is 7.13. The number of nitrogens with one attached hydrogen (secondary N) is 1. The van der Waals surface area contributed by atoms with E-state index in [4.69, 9.17) is 9.84 Å². The number of hydrogen-bond acceptors (Lipinski definition) is 7. The summed E-state index contributed by atoms with van der Waals surface area (Å²) in [5, 5.41) is 15.4. The minimum absolute atomic E-state index is 0.146. The first-order valence-electron chi connectivity index (χ1n) is 7.30. The fourth-order valence-corrected chi connectivity index (χ4v) is 2.52. The van der Waals surface area contributed by atoms with Gasteiger partial charge >= 0.3 is 5.97 Å². The number of esters is 1. The Hall–Kier alpha value is -2.25. The second kappa shape index (κ2) is 9.02. The molecule has 1 heterocycles. The van der Waals surface area contributed by atoms with Crippen LogP contribution in [0.1, 0.15) is 23.7 Å². The third-order valence-corrected chi connectivity index (χ3v) is 3.73. The molecule has 0 saturated carbocycles. The lowest BCUT2D eigenvalue weighted by Crippen LogP contribution is -2.07. The van der Waals surface area contributed by atoms with Gasteiger partial charge in [-0.25, -0.2) is 4.98 Å². The van der Waals surface area contributed by atoms with Crippen LogP contribution in [0.2, 0.25) is 0 Å². The molecular formula is C16H19N3O3S. The highest BCUT2D eigenvalue weighted by Gasteiger charge is 2.07. The first kappa shape index (κ1) is 17.1. The van der Waals surface area contributed by atoms with E-state index in [9.17, 15) is 4.79 Å². The minimum atomic E-state index is -0.282. The summed E-state index contributed by atoms with van der Waals surface area (Å²) in [6, 6.07) is 7.78. The van der Waals surface area contributed by atoms with Crippen LogP contribution >= 0.6 is 11.3 Å². The molecule has 0 aliphatic heterocycles. The Morgan fingerprint density at radius 1 is 1.43 bits per heavy atom. The van der Waals surface area contributed by atoms with Crippen LogP contribution in [0, 0.1) is 0 Å². The molecule has 6 nitrogen and oxygen atoms in total. The van der Waals surface area contributed by atoms with Crippen LogP contribution in [-0.2, 0) is 22.4 Å². The summed E-state index contributed by atoms with van der Waals surface area (Å²) in [5.74, 6) is -0.282. The quantitative estimate of drug-likeness (QED) is 0.440. The van der Waals surface area contributed by atoms with Crippen molar-refractivity contribution in [2.75, 3.05) is 18.6 Å². The Morgan fingerprint density at radius 2 is 2.22 bits per heavy atom. The van der Waals surface area contributed by atoms with E-state index in [1.807, 2.05) is 24.3 Å². The Bertz CT molecular complexity index is 653. The molecule has 0 spiro atoms. The Balaban J connectivity index is 1.85.